The van der Waals surface area contributed by atoms with E-state index in [0.717, 1.165) is 6.54 Å². The molecule has 0 radical (unpaired) electrons. The molecule has 1 aliphatic rings. The number of benzene rings is 1. The van der Waals surface area contributed by atoms with Gasteiger partial charge in [0.05, 0.1) is 0 Å². The Balaban J connectivity index is 2.08. The first-order valence-electron chi connectivity index (χ1n) is 7.71. The summed E-state index contributed by atoms with van der Waals surface area (Å²) in [6.07, 6.45) is 2.50. The third-order valence-electron chi connectivity index (χ3n) is 4.24. The highest BCUT2D eigenvalue weighted by molar-refractivity contribution is 5.50. The maximum absolute atomic E-state index is 3.59. The van der Waals surface area contributed by atoms with Gasteiger partial charge in [0.25, 0.3) is 0 Å². The van der Waals surface area contributed by atoms with Crippen molar-refractivity contribution in [1.82, 2.24) is 5.32 Å². The lowest BCUT2D eigenvalue weighted by atomic mass is 9.96. The van der Waals surface area contributed by atoms with Gasteiger partial charge in [-0.2, -0.15) is 0 Å². The summed E-state index contributed by atoms with van der Waals surface area (Å²) in [5.41, 5.74) is 2.84. The van der Waals surface area contributed by atoms with Gasteiger partial charge in [0, 0.05) is 24.3 Å². The first-order valence-corrected chi connectivity index (χ1v) is 7.71. The SMILES string of the molecule is CCNC1CCN(c2cccc(C(C)C)c2)C(C)C1. The van der Waals surface area contributed by atoms with Gasteiger partial charge in [0.2, 0.25) is 0 Å². The van der Waals surface area contributed by atoms with E-state index in [9.17, 15) is 0 Å². The van der Waals surface area contributed by atoms with Gasteiger partial charge < -0.3 is 10.2 Å². The van der Waals surface area contributed by atoms with Crippen molar-refractivity contribution in [3.63, 3.8) is 0 Å². The molecule has 1 aromatic rings. The van der Waals surface area contributed by atoms with Gasteiger partial charge >= 0.3 is 0 Å². The zero-order chi connectivity index (χ0) is 13.8. The van der Waals surface area contributed by atoms with Crippen LogP contribution in [0.25, 0.3) is 0 Å². The highest BCUT2D eigenvalue weighted by Crippen LogP contribution is 2.27. The minimum atomic E-state index is 0.606. The fourth-order valence-corrected chi connectivity index (χ4v) is 3.09. The van der Waals surface area contributed by atoms with E-state index in [-0.39, 0.29) is 0 Å². The highest BCUT2D eigenvalue weighted by Gasteiger charge is 2.25. The summed E-state index contributed by atoms with van der Waals surface area (Å²) in [4.78, 5) is 2.57. The zero-order valence-corrected chi connectivity index (χ0v) is 12.8. The molecule has 0 saturated carbocycles. The van der Waals surface area contributed by atoms with E-state index in [4.69, 9.17) is 0 Å². The molecule has 0 amide bonds. The van der Waals surface area contributed by atoms with Crippen molar-refractivity contribution in [2.24, 2.45) is 0 Å². The molecule has 0 spiro atoms. The first-order chi connectivity index (χ1) is 9.11. The predicted octanol–water partition coefficient (Wildman–Crippen LogP) is 3.78. The second kappa shape index (κ2) is 6.42. The van der Waals surface area contributed by atoms with Crippen LogP contribution >= 0.6 is 0 Å². The molecule has 1 fully saturated rings. The van der Waals surface area contributed by atoms with Crippen LogP contribution in [-0.4, -0.2) is 25.2 Å². The van der Waals surface area contributed by atoms with E-state index < -0.39 is 0 Å². The van der Waals surface area contributed by atoms with Crippen LogP contribution in [0.4, 0.5) is 5.69 Å². The van der Waals surface area contributed by atoms with Crippen LogP contribution in [0.3, 0.4) is 0 Å². The van der Waals surface area contributed by atoms with Gasteiger partial charge in [-0.15, -0.1) is 0 Å². The second-order valence-electron chi connectivity index (χ2n) is 6.07. The molecule has 1 aliphatic heterocycles. The first kappa shape index (κ1) is 14.4. The Morgan fingerprint density at radius 2 is 2.16 bits per heavy atom. The number of nitrogens with zero attached hydrogens (tertiary/aromatic N) is 1. The van der Waals surface area contributed by atoms with E-state index in [1.54, 1.807) is 0 Å². The van der Waals surface area contributed by atoms with Gasteiger partial charge in [-0.3, -0.25) is 0 Å². The maximum atomic E-state index is 3.59. The molecule has 2 unspecified atom stereocenters. The van der Waals surface area contributed by atoms with Gasteiger partial charge in [-0.25, -0.2) is 0 Å². The molecular weight excluding hydrogens is 232 g/mol. The molecule has 19 heavy (non-hydrogen) atoms. The van der Waals surface area contributed by atoms with Crippen LogP contribution in [0, 0.1) is 0 Å². The van der Waals surface area contributed by atoms with E-state index in [0.29, 0.717) is 18.0 Å². The Labute approximate surface area is 118 Å². The van der Waals surface area contributed by atoms with Crippen molar-refractivity contribution in [2.75, 3.05) is 18.0 Å². The van der Waals surface area contributed by atoms with Crippen LogP contribution in [0.5, 0.6) is 0 Å². The lowest BCUT2D eigenvalue weighted by Gasteiger charge is -2.39. The Kier molecular flexibility index (Phi) is 4.87. The molecule has 2 nitrogen and oxygen atoms in total. The molecule has 0 bridgehead atoms. The van der Waals surface area contributed by atoms with Crippen LogP contribution in [0.15, 0.2) is 24.3 Å². The van der Waals surface area contributed by atoms with E-state index in [2.05, 4.69) is 62.2 Å². The summed E-state index contributed by atoms with van der Waals surface area (Å²) in [5, 5.41) is 3.59. The lowest BCUT2D eigenvalue weighted by Crippen LogP contribution is -2.47. The van der Waals surface area contributed by atoms with E-state index >= 15 is 0 Å². The molecule has 1 aromatic carbocycles. The van der Waals surface area contributed by atoms with E-state index in [1.807, 2.05) is 0 Å². The predicted molar refractivity (Wildman–Crippen MR) is 84.0 cm³/mol. The van der Waals surface area contributed by atoms with Gasteiger partial charge in [0.1, 0.15) is 0 Å². The maximum Gasteiger partial charge on any atom is 0.0371 e. The van der Waals surface area contributed by atoms with Crippen molar-refractivity contribution < 1.29 is 0 Å². The summed E-state index contributed by atoms with van der Waals surface area (Å²) in [6.45, 7) is 11.3. The van der Waals surface area contributed by atoms with Gasteiger partial charge in [-0.05, 0) is 49.9 Å². The van der Waals surface area contributed by atoms with Gasteiger partial charge in [0.15, 0.2) is 0 Å². The third-order valence-corrected chi connectivity index (χ3v) is 4.24. The molecule has 0 aliphatic carbocycles. The fourth-order valence-electron chi connectivity index (χ4n) is 3.09. The zero-order valence-electron chi connectivity index (χ0n) is 12.8. The van der Waals surface area contributed by atoms with E-state index in [1.165, 1.54) is 30.6 Å². The summed E-state index contributed by atoms with van der Waals surface area (Å²) < 4.78 is 0. The molecule has 106 valence electrons. The van der Waals surface area contributed by atoms with Crippen molar-refractivity contribution in [2.45, 2.75) is 58.5 Å². The molecule has 1 saturated heterocycles. The Bertz CT molecular complexity index is 400. The number of hydrogen-bond acceptors (Lipinski definition) is 2. The molecule has 1 heterocycles. The largest absolute Gasteiger partial charge is 0.369 e. The average Bonchev–Trinajstić information content (AvgIpc) is 2.39. The monoisotopic (exact) mass is 260 g/mol. The standard InChI is InChI=1S/C17H28N2/c1-5-18-16-9-10-19(14(4)11-16)17-8-6-7-15(12-17)13(2)3/h6-8,12-14,16,18H,5,9-11H2,1-4H3. The number of hydrogen-bond donors (Lipinski definition) is 1. The molecule has 2 rings (SSSR count). The summed E-state index contributed by atoms with van der Waals surface area (Å²) in [5.74, 6) is 0.606. The minimum Gasteiger partial charge on any atom is -0.369 e. The van der Waals surface area contributed by atoms with Crippen LogP contribution < -0.4 is 10.2 Å². The van der Waals surface area contributed by atoms with Crippen LogP contribution in [0.1, 0.15) is 52.0 Å². The number of rotatable bonds is 4. The van der Waals surface area contributed by atoms with Crippen molar-refractivity contribution in [3.8, 4) is 0 Å². The quantitative estimate of drug-likeness (QED) is 0.886. The topological polar surface area (TPSA) is 15.3 Å². The molecular formula is C17H28N2. The summed E-state index contributed by atoms with van der Waals surface area (Å²) in [7, 11) is 0. The Morgan fingerprint density at radius 3 is 2.79 bits per heavy atom. The normalized spacial score (nSPS) is 23.9. The summed E-state index contributed by atoms with van der Waals surface area (Å²) >= 11 is 0. The molecule has 1 N–H and O–H groups in total. The Hall–Kier alpha value is -1.02. The van der Waals surface area contributed by atoms with Crippen molar-refractivity contribution in [1.29, 1.82) is 0 Å². The van der Waals surface area contributed by atoms with Crippen molar-refractivity contribution in [3.05, 3.63) is 29.8 Å². The number of anilines is 1. The minimum absolute atomic E-state index is 0.606. The highest BCUT2D eigenvalue weighted by atomic mass is 15.2. The van der Waals surface area contributed by atoms with Crippen molar-refractivity contribution >= 4 is 5.69 Å². The van der Waals surface area contributed by atoms with Gasteiger partial charge in [-0.1, -0.05) is 32.9 Å². The fraction of sp³-hybridized carbons (Fsp3) is 0.647. The van der Waals surface area contributed by atoms with Crippen LogP contribution in [0.2, 0.25) is 0 Å². The molecule has 2 atom stereocenters. The summed E-state index contributed by atoms with van der Waals surface area (Å²) in [6, 6.07) is 10.4. The average molecular weight is 260 g/mol. The number of nitrogens with one attached hydrogen (secondary N) is 1. The number of piperidine rings is 1. The second-order valence-corrected chi connectivity index (χ2v) is 6.07. The smallest absolute Gasteiger partial charge is 0.0371 e. The lowest BCUT2D eigenvalue weighted by molar-refractivity contribution is 0.374. The third kappa shape index (κ3) is 3.50. The molecule has 0 aromatic heterocycles. The van der Waals surface area contributed by atoms with Crippen LogP contribution in [-0.2, 0) is 0 Å². The Morgan fingerprint density at radius 1 is 1.37 bits per heavy atom. The molecule has 2 heteroatoms.